The van der Waals surface area contributed by atoms with Crippen LogP contribution in [-0.4, -0.2) is 0 Å². The lowest BCUT2D eigenvalue weighted by Crippen LogP contribution is -1.82. The summed E-state index contributed by atoms with van der Waals surface area (Å²) >= 11 is 0. The molecule has 0 saturated carbocycles. The Balaban J connectivity index is 2.65. The monoisotopic (exact) mass is 181 g/mol. The van der Waals surface area contributed by atoms with Crippen LogP contribution in [0.1, 0.15) is 11.1 Å². The van der Waals surface area contributed by atoms with Crippen molar-refractivity contribution in [3.05, 3.63) is 58.9 Å². The summed E-state index contributed by atoms with van der Waals surface area (Å²) < 4.78 is 0. The number of benzene rings is 2. The average molecular weight is 181 g/mol. The van der Waals surface area contributed by atoms with Gasteiger partial charge >= 0.3 is 0 Å². The molecule has 1 heteroatoms. The number of aryl methyl sites for hydroxylation is 1. The van der Waals surface area contributed by atoms with E-state index >= 15 is 0 Å². The molecule has 1 nitrogen and oxygen atoms in total. The van der Waals surface area contributed by atoms with E-state index in [4.69, 9.17) is 6.57 Å². The van der Waals surface area contributed by atoms with Crippen LogP contribution in [0, 0.1) is 13.5 Å². The van der Waals surface area contributed by atoms with Crippen LogP contribution in [0.4, 0.5) is 0 Å². The van der Waals surface area contributed by atoms with Gasteiger partial charge in [0.25, 0.3) is 0 Å². The second kappa shape index (κ2) is 3.51. The molecule has 0 atom stereocenters. The Morgan fingerprint density at radius 2 is 2.07 bits per heavy atom. The van der Waals surface area contributed by atoms with Crippen LogP contribution in [0.15, 0.2) is 36.4 Å². The van der Waals surface area contributed by atoms with E-state index in [-0.39, 0.29) is 0 Å². The molecule has 0 heterocycles. The van der Waals surface area contributed by atoms with E-state index in [1.807, 2.05) is 6.07 Å². The third kappa shape index (κ3) is 1.47. The van der Waals surface area contributed by atoms with E-state index in [1.54, 1.807) is 0 Å². The van der Waals surface area contributed by atoms with E-state index in [0.717, 1.165) is 5.56 Å². The van der Waals surface area contributed by atoms with E-state index in [0.29, 0.717) is 6.54 Å². The van der Waals surface area contributed by atoms with Gasteiger partial charge in [0.2, 0.25) is 6.54 Å². The second-order valence-corrected chi connectivity index (χ2v) is 3.45. The summed E-state index contributed by atoms with van der Waals surface area (Å²) in [5, 5.41) is 2.51. The van der Waals surface area contributed by atoms with Gasteiger partial charge in [-0.25, -0.2) is 6.57 Å². The van der Waals surface area contributed by atoms with Crippen molar-refractivity contribution in [2.75, 3.05) is 0 Å². The lowest BCUT2D eigenvalue weighted by Gasteiger charge is -2.02. The van der Waals surface area contributed by atoms with Crippen molar-refractivity contribution in [1.29, 1.82) is 0 Å². The number of rotatable bonds is 1. The van der Waals surface area contributed by atoms with Crippen LogP contribution in [0.2, 0.25) is 0 Å². The molecular weight excluding hydrogens is 170 g/mol. The first kappa shape index (κ1) is 8.77. The largest absolute Gasteiger partial charge is 0.312 e. The third-order valence-electron chi connectivity index (χ3n) is 2.43. The molecule has 0 aliphatic rings. The minimum Gasteiger partial charge on any atom is -0.312 e. The van der Waals surface area contributed by atoms with E-state index in [2.05, 4.69) is 42.1 Å². The highest BCUT2D eigenvalue weighted by Gasteiger charge is 1.99. The quantitative estimate of drug-likeness (QED) is 0.592. The summed E-state index contributed by atoms with van der Waals surface area (Å²) in [6.45, 7) is 9.40. The Morgan fingerprint density at radius 1 is 1.21 bits per heavy atom. The maximum Gasteiger partial charge on any atom is 0.239 e. The number of hydrogen-bond acceptors (Lipinski definition) is 0. The number of nitrogens with zero attached hydrogens (tertiary/aromatic N) is 1. The van der Waals surface area contributed by atoms with Gasteiger partial charge in [-0.2, -0.15) is 0 Å². The Bertz CT molecular complexity index is 506. The van der Waals surface area contributed by atoms with Crippen molar-refractivity contribution in [2.45, 2.75) is 13.5 Å². The number of hydrogen-bond donors (Lipinski definition) is 0. The summed E-state index contributed by atoms with van der Waals surface area (Å²) in [6.07, 6.45) is 0. The molecule has 2 aromatic rings. The molecule has 14 heavy (non-hydrogen) atoms. The van der Waals surface area contributed by atoms with Gasteiger partial charge in [-0.15, -0.1) is 0 Å². The highest BCUT2D eigenvalue weighted by atomic mass is 14.6. The van der Waals surface area contributed by atoms with Gasteiger partial charge < -0.3 is 4.85 Å². The normalized spacial score (nSPS) is 10.0. The SMILES string of the molecule is [C-]#[N+]Cc1ccc2cccc(C)c2c1. The number of fused-ring (bicyclic) bond motifs is 1. The summed E-state index contributed by atoms with van der Waals surface area (Å²) in [4.78, 5) is 3.39. The van der Waals surface area contributed by atoms with Gasteiger partial charge in [0.1, 0.15) is 0 Å². The minimum atomic E-state index is 0.476. The Morgan fingerprint density at radius 3 is 2.86 bits per heavy atom. The van der Waals surface area contributed by atoms with Crippen LogP contribution in [0.3, 0.4) is 0 Å². The highest BCUT2D eigenvalue weighted by molar-refractivity contribution is 5.86. The maximum atomic E-state index is 6.83. The fraction of sp³-hybridized carbons (Fsp3) is 0.154. The van der Waals surface area contributed by atoms with Crippen molar-refractivity contribution in [3.63, 3.8) is 0 Å². The maximum absolute atomic E-state index is 6.83. The van der Waals surface area contributed by atoms with E-state index in [1.165, 1.54) is 16.3 Å². The van der Waals surface area contributed by atoms with Gasteiger partial charge in [-0.3, -0.25) is 0 Å². The van der Waals surface area contributed by atoms with Crippen molar-refractivity contribution in [3.8, 4) is 0 Å². The average Bonchev–Trinajstić information content (AvgIpc) is 2.20. The summed E-state index contributed by atoms with van der Waals surface area (Å²) in [5.74, 6) is 0. The molecule has 0 bridgehead atoms. The Hall–Kier alpha value is -1.81. The summed E-state index contributed by atoms with van der Waals surface area (Å²) in [6, 6.07) is 12.5. The van der Waals surface area contributed by atoms with Crippen molar-refractivity contribution >= 4 is 10.8 Å². The standard InChI is InChI=1S/C13H11N/c1-10-4-3-5-12-7-6-11(9-14-2)8-13(10)12/h3-8H,9H2,1H3. The first-order valence-corrected chi connectivity index (χ1v) is 4.63. The molecule has 68 valence electrons. The fourth-order valence-corrected chi connectivity index (χ4v) is 1.67. The summed E-state index contributed by atoms with van der Waals surface area (Å²) in [5.41, 5.74) is 2.37. The molecule has 0 fully saturated rings. The van der Waals surface area contributed by atoms with Gasteiger partial charge in [-0.05, 0) is 29.3 Å². The molecule has 0 N–H and O–H groups in total. The first-order valence-electron chi connectivity index (χ1n) is 4.63. The molecule has 0 aliphatic heterocycles. The van der Waals surface area contributed by atoms with Gasteiger partial charge in [0.15, 0.2) is 0 Å². The Kier molecular flexibility index (Phi) is 2.20. The molecule has 0 amide bonds. The van der Waals surface area contributed by atoms with Gasteiger partial charge in [0, 0.05) is 5.56 Å². The van der Waals surface area contributed by atoms with Crippen LogP contribution in [0.5, 0.6) is 0 Å². The molecular formula is C13H11N. The molecule has 0 radical (unpaired) electrons. The highest BCUT2D eigenvalue weighted by Crippen LogP contribution is 2.20. The first-order chi connectivity index (χ1) is 6.81. The van der Waals surface area contributed by atoms with Gasteiger partial charge in [0.05, 0.1) is 0 Å². The van der Waals surface area contributed by atoms with Crippen LogP contribution < -0.4 is 0 Å². The van der Waals surface area contributed by atoms with E-state index in [9.17, 15) is 0 Å². The molecule has 0 aromatic heterocycles. The Labute approximate surface area is 83.8 Å². The predicted molar refractivity (Wildman–Crippen MR) is 59.0 cm³/mol. The van der Waals surface area contributed by atoms with Crippen LogP contribution in [-0.2, 0) is 6.54 Å². The molecule has 2 rings (SSSR count). The lowest BCUT2D eigenvalue weighted by molar-refractivity contribution is 1.27. The zero-order chi connectivity index (χ0) is 9.97. The van der Waals surface area contributed by atoms with E-state index < -0.39 is 0 Å². The fourth-order valence-electron chi connectivity index (χ4n) is 1.67. The zero-order valence-corrected chi connectivity index (χ0v) is 8.12. The predicted octanol–water partition coefficient (Wildman–Crippen LogP) is 3.57. The molecule has 0 saturated heterocycles. The van der Waals surface area contributed by atoms with Crippen molar-refractivity contribution < 1.29 is 0 Å². The van der Waals surface area contributed by atoms with Gasteiger partial charge in [-0.1, -0.05) is 30.3 Å². The molecule has 0 spiro atoms. The lowest BCUT2D eigenvalue weighted by atomic mass is 10.0. The smallest absolute Gasteiger partial charge is 0.239 e. The summed E-state index contributed by atoms with van der Waals surface area (Å²) in [7, 11) is 0. The van der Waals surface area contributed by atoms with Crippen LogP contribution in [0.25, 0.3) is 15.6 Å². The zero-order valence-electron chi connectivity index (χ0n) is 8.12. The van der Waals surface area contributed by atoms with Crippen LogP contribution >= 0.6 is 0 Å². The molecule has 0 aliphatic carbocycles. The van der Waals surface area contributed by atoms with Crippen molar-refractivity contribution in [2.24, 2.45) is 0 Å². The topological polar surface area (TPSA) is 4.36 Å². The third-order valence-corrected chi connectivity index (χ3v) is 2.43. The van der Waals surface area contributed by atoms with Crippen molar-refractivity contribution in [1.82, 2.24) is 0 Å². The second-order valence-electron chi connectivity index (χ2n) is 3.45. The molecule has 2 aromatic carbocycles. The minimum absolute atomic E-state index is 0.476. The molecule has 0 unspecified atom stereocenters.